The number of aromatic nitrogens is 2. The molecule has 0 aliphatic heterocycles. The van der Waals surface area contributed by atoms with Crippen LogP contribution < -0.4 is 16.6 Å². The number of hydrogen-bond donors (Lipinski definition) is 1. The van der Waals surface area contributed by atoms with E-state index in [1.165, 1.54) is 30.9 Å². The van der Waals surface area contributed by atoms with Gasteiger partial charge in [0.2, 0.25) is 0 Å². The average Bonchev–Trinajstić information content (AvgIpc) is 2.55. The van der Waals surface area contributed by atoms with Crippen LogP contribution >= 0.6 is 0 Å². The van der Waals surface area contributed by atoms with E-state index in [9.17, 15) is 14.9 Å². The highest BCUT2D eigenvalue weighted by molar-refractivity contribution is 5.51. The summed E-state index contributed by atoms with van der Waals surface area (Å²) in [5.41, 5.74) is -1.01. The maximum absolute atomic E-state index is 12.1. The van der Waals surface area contributed by atoms with Gasteiger partial charge in [0, 0.05) is 26.2 Å². The predicted octanol–water partition coefficient (Wildman–Crippen LogP) is 0.632. The van der Waals surface area contributed by atoms with Gasteiger partial charge < -0.3 is 10.2 Å². The van der Waals surface area contributed by atoms with E-state index in [1.807, 2.05) is 6.07 Å². The van der Waals surface area contributed by atoms with Crippen LogP contribution in [0.2, 0.25) is 0 Å². The van der Waals surface area contributed by atoms with Gasteiger partial charge in [-0.3, -0.25) is 13.9 Å². The molecule has 0 spiro atoms. The Morgan fingerprint density at radius 1 is 1.17 bits per heavy atom. The van der Waals surface area contributed by atoms with E-state index in [4.69, 9.17) is 0 Å². The minimum Gasteiger partial charge on any atom is -0.368 e. The predicted molar refractivity (Wildman–Crippen MR) is 89.6 cm³/mol. The highest BCUT2D eigenvalue weighted by atomic mass is 16.2. The van der Waals surface area contributed by atoms with Gasteiger partial charge in [0.05, 0.1) is 0 Å². The van der Waals surface area contributed by atoms with Crippen molar-refractivity contribution in [1.29, 1.82) is 5.26 Å². The largest absolute Gasteiger partial charge is 0.368 e. The fourth-order valence-corrected chi connectivity index (χ4v) is 3.39. The summed E-state index contributed by atoms with van der Waals surface area (Å²) in [4.78, 5) is 26.5. The van der Waals surface area contributed by atoms with Crippen molar-refractivity contribution in [3.63, 3.8) is 0 Å². The molecule has 0 unspecified atom stereocenters. The van der Waals surface area contributed by atoms with Crippen molar-refractivity contribution >= 4 is 5.82 Å². The molecule has 1 aromatic rings. The standard InChI is InChI=1S/C16H25N5O2/c1-19(2)16(8-6-5-7-9-16)11-18-13-12(10-17)14(22)21(4)15(23)20(13)3/h18H,5-9,11H2,1-4H3. The number of rotatable bonds is 4. The van der Waals surface area contributed by atoms with E-state index in [0.717, 1.165) is 17.4 Å². The summed E-state index contributed by atoms with van der Waals surface area (Å²) in [6.45, 7) is 0.606. The normalized spacial score (nSPS) is 17.0. The summed E-state index contributed by atoms with van der Waals surface area (Å²) in [5.74, 6) is 0.312. The van der Waals surface area contributed by atoms with Gasteiger partial charge in [-0.15, -0.1) is 0 Å². The Hall–Kier alpha value is -2.07. The molecule has 1 heterocycles. The van der Waals surface area contributed by atoms with Crippen molar-refractivity contribution in [3.8, 4) is 6.07 Å². The first-order chi connectivity index (χ1) is 10.8. The molecular weight excluding hydrogens is 294 g/mol. The molecule has 0 amide bonds. The molecule has 0 bridgehead atoms. The lowest BCUT2D eigenvalue weighted by atomic mass is 9.80. The zero-order valence-electron chi connectivity index (χ0n) is 14.3. The van der Waals surface area contributed by atoms with Crippen LogP contribution in [0.25, 0.3) is 0 Å². The number of hydrogen-bond acceptors (Lipinski definition) is 5. The van der Waals surface area contributed by atoms with Crippen LogP contribution in [0.15, 0.2) is 9.59 Å². The lowest BCUT2D eigenvalue weighted by Gasteiger charge is -2.43. The molecule has 0 radical (unpaired) electrons. The van der Waals surface area contributed by atoms with Crippen LogP contribution in [-0.2, 0) is 14.1 Å². The summed E-state index contributed by atoms with van der Waals surface area (Å²) in [6.07, 6.45) is 5.70. The third-order valence-corrected chi connectivity index (χ3v) is 5.09. The molecule has 2 rings (SSSR count). The molecule has 7 heteroatoms. The zero-order chi connectivity index (χ0) is 17.2. The lowest BCUT2D eigenvalue weighted by Crippen LogP contribution is -2.51. The molecule has 0 saturated heterocycles. The fraction of sp³-hybridized carbons (Fsp3) is 0.688. The molecule has 1 aliphatic carbocycles. The molecule has 0 aromatic carbocycles. The molecule has 1 fully saturated rings. The third-order valence-electron chi connectivity index (χ3n) is 5.09. The summed E-state index contributed by atoms with van der Waals surface area (Å²) in [5, 5.41) is 12.5. The van der Waals surface area contributed by atoms with Gasteiger partial charge >= 0.3 is 5.69 Å². The molecule has 7 nitrogen and oxygen atoms in total. The number of likely N-dealkylation sites (N-methyl/N-ethyl adjacent to an activating group) is 1. The minimum atomic E-state index is -0.555. The summed E-state index contributed by atoms with van der Waals surface area (Å²) < 4.78 is 2.30. The maximum Gasteiger partial charge on any atom is 0.332 e. The average molecular weight is 319 g/mol. The van der Waals surface area contributed by atoms with Crippen molar-refractivity contribution in [2.24, 2.45) is 14.1 Å². The van der Waals surface area contributed by atoms with Gasteiger partial charge in [0.1, 0.15) is 11.9 Å². The Bertz CT molecular complexity index is 733. The zero-order valence-corrected chi connectivity index (χ0v) is 14.3. The summed E-state index contributed by atoms with van der Waals surface area (Å²) in [7, 11) is 7.08. The Labute approximate surface area is 136 Å². The number of nitriles is 1. The van der Waals surface area contributed by atoms with E-state index >= 15 is 0 Å². The van der Waals surface area contributed by atoms with E-state index in [-0.39, 0.29) is 11.1 Å². The molecular formula is C16H25N5O2. The van der Waals surface area contributed by atoms with E-state index in [0.29, 0.717) is 12.4 Å². The first kappa shape index (κ1) is 17.3. The summed E-state index contributed by atoms with van der Waals surface area (Å²) in [6, 6.07) is 1.93. The Kier molecular flexibility index (Phi) is 4.95. The topological polar surface area (TPSA) is 83.1 Å². The smallest absolute Gasteiger partial charge is 0.332 e. The number of anilines is 1. The number of nitrogens with one attached hydrogen (secondary N) is 1. The number of nitrogens with zero attached hydrogens (tertiary/aromatic N) is 4. The van der Waals surface area contributed by atoms with Crippen molar-refractivity contribution in [2.75, 3.05) is 26.0 Å². The third kappa shape index (κ3) is 3.04. The van der Waals surface area contributed by atoms with Gasteiger partial charge in [-0.25, -0.2) is 4.79 Å². The Morgan fingerprint density at radius 3 is 2.30 bits per heavy atom. The van der Waals surface area contributed by atoms with Gasteiger partial charge in [0.25, 0.3) is 5.56 Å². The van der Waals surface area contributed by atoms with E-state index in [2.05, 4.69) is 24.3 Å². The van der Waals surface area contributed by atoms with Crippen LogP contribution in [0.4, 0.5) is 5.82 Å². The van der Waals surface area contributed by atoms with Crippen molar-refractivity contribution < 1.29 is 0 Å². The molecule has 126 valence electrons. The second-order valence-corrected chi connectivity index (χ2v) is 6.57. The second-order valence-electron chi connectivity index (χ2n) is 6.57. The Morgan fingerprint density at radius 2 is 1.78 bits per heavy atom. The van der Waals surface area contributed by atoms with Crippen LogP contribution in [-0.4, -0.2) is 40.2 Å². The molecule has 1 aromatic heterocycles. The van der Waals surface area contributed by atoms with Gasteiger partial charge in [-0.2, -0.15) is 5.26 Å². The molecule has 23 heavy (non-hydrogen) atoms. The molecule has 0 atom stereocenters. The van der Waals surface area contributed by atoms with Gasteiger partial charge in [-0.05, 0) is 26.9 Å². The second kappa shape index (κ2) is 6.59. The van der Waals surface area contributed by atoms with Gasteiger partial charge in [-0.1, -0.05) is 19.3 Å². The fourth-order valence-electron chi connectivity index (χ4n) is 3.39. The monoisotopic (exact) mass is 319 g/mol. The Balaban J connectivity index is 2.39. The van der Waals surface area contributed by atoms with Crippen molar-refractivity contribution in [2.45, 2.75) is 37.6 Å². The first-order valence-electron chi connectivity index (χ1n) is 7.95. The maximum atomic E-state index is 12.1. The van der Waals surface area contributed by atoms with Gasteiger partial charge in [0.15, 0.2) is 5.56 Å². The highest BCUT2D eigenvalue weighted by Crippen LogP contribution is 2.32. The highest BCUT2D eigenvalue weighted by Gasteiger charge is 2.34. The van der Waals surface area contributed by atoms with Crippen LogP contribution in [0.5, 0.6) is 0 Å². The van der Waals surface area contributed by atoms with E-state index in [1.54, 1.807) is 7.05 Å². The minimum absolute atomic E-state index is 0.0118. The van der Waals surface area contributed by atoms with E-state index < -0.39 is 11.2 Å². The molecule has 1 N–H and O–H groups in total. The lowest BCUT2D eigenvalue weighted by molar-refractivity contribution is 0.113. The first-order valence-corrected chi connectivity index (χ1v) is 7.95. The molecule has 1 saturated carbocycles. The molecule has 1 aliphatic rings. The summed E-state index contributed by atoms with van der Waals surface area (Å²) >= 11 is 0. The van der Waals surface area contributed by atoms with Crippen LogP contribution in [0.3, 0.4) is 0 Å². The van der Waals surface area contributed by atoms with Crippen molar-refractivity contribution in [1.82, 2.24) is 14.0 Å². The van der Waals surface area contributed by atoms with Crippen molar-refractivity contribution in [3.05, 3.63) is 26.4 Å². The SMILES string of the molecule is CN(C)C1(CNc2c(C#N)c(=O)n(C)c(=O)n2C)CCCCC1. The van der Waals surface area contributed by atoms with Crippen LogP contribution in [0, 0.1) is 11.3 Å². The van der Waals surface area contributed by atoms with Crippen LogP contribution in [0.1, 0.15) is 37.7 Å². The quantitative estimate of drug-likeness (QED) is 0.880.